The third-order valence-corrected chi connectivity index (χ3v) is 7.94. The predicted octanol–water partition coefficient (Wildman–Crippen LogP) is 8.51. The number of nitrogens with zero attached hydrogens (tertiary/aromatic N) is 2. The van der Waals surface area contributed by atoms with Crippen LogP contribution in [0.15, 0.2) is 67.3 Å². The molecule has 0 aliphatic heterocycles. The summed E-state index contributed by atoms with van der Waals surface area (Å²) in [6.45, 7) is 12.7. The number of aliphatic hydroxyl groups is 1. The Morgan fingerprint density at radius 1 is 0.932 bits per heavy atom. The van der Waals surface area contributed by atoms with E-state index in [0.717, 1.165) is 84.3 Å². The summed E-state index contributed by atoms with van der Waals surface area (Å²) in [5, 5.41) is 15.6. The smallest absolute Gasteiger partial charge is 0.134 e. The lowest BCUT2D eigenvalue weighted by Gasteiger charge is -2.17. The summed E-state index contributed by atoms with van der Waals surface area (Å²) in [7, 11) is 0. The fourth-order valence-electron chi connectivity index (χ4n) is 5.37. The lowest BCUT2D eigenvalue weighted by molar-refractivity contribution is -0.119. The number of unbranched alkanes of at least 4 members (excludes halogenated alkanes) is 5. The van der Waals surface area contributed by atoms with Gasteiger partial charge >= 0.3 is 0 Å². The van der Waals surface area contributed by atoms with E-state index in [1.165, 1.54) is 11.9 Å². The van der Waals surface area contributed by atoms with Crippen LogP contribution in [0.5, 0.6) is 0 Å². The number of hydrogen-bond acceptors (Lipinski definition) is 7. The van der Waals surface area contributed by atoms with E-state index in [1.807, 2.05) is 6.92 Å². The highest BCUT2D eigenvalue weighted by molar-refractivity contribution is 5.86. The molecule has 0 aliphatic carbocycles. The molecule has 236 valence electrons. The normalized spacial score (nSPS) is 12.2. The van der Waals surface area contributed by atoms with Crippen LogP contribution in [-0.2, 0) is 4.79 Å². The topological polar surface area (TPSA) is 113 Å². The van der Waals surface area contributed by atoms with E-state index in [-0.39, 0.29) is 6.61 Å². The number of hydrogen-bond donors (Lipinski definition) is 4. The van der Waals surface area contributed by atoms with E-state index >= 15 is 0 Å². The average molecular weight is 598 g/mol. The van der Waals surface area contributed by atoms with Crippen molar-refractivity contribution in [3.63, 3.8) is 0 Å². The minimum Gasteiger partial charge on any atom is -0.396 e. The molecule has 1 atom stereocenters. The molecule has 44 heavy (non-hydrogen) atoms. The van der Waals surface area contributed by atoms with Crippen LogP contribution in [0.2, 0.25) is 0 Å². The number of Topliss-reactive ketones (excluding diaryl/α,β-unsaturated/α-hetero) is 1. The summed E-state index contributed by atoms with van der Waals surface area (Å²) in [5.41, 5.74) is 14.6. The van der Waals surface area contributed by atoms with Crippen molar-refractivity contribution in [2.45, 2.75) is 91.9 Å². The van der Waals surface area contributed by atoms with Gasteiger partial charge in [-0.3, -0.25) is 4.79 Å². The van der Waals surface area contributed by atoms with Gasteiger partial charge in [-0.25, -0.2) is 9.97 Å². The van der Waals surface area contributed by atoms with Crippen molar-refractivity contribution in [2.24, 2.45) is 5.92 Å². The highest BCUT2D eigenvalue weighted by Gasteiger charge is 2.15. The molecular weight excluding hydrogens is 546 g/mol. The maximum absolute atomic E-state index is 11.9. The minimum atomic E-state index is 0.168. The van der Waals surface area contributed by atoms with Crippen LogP contribution < -0.4 is 16.4 Å². The third kappa shape index (κ3) is 11.3. The molecule has 0 radical (unpaired) electrons. The second kappa shape index (κ2) is 18.0. The summed E-state index contributed by atoms with van der Waals surface area (Å²) in [6, 6.07) is 14.6. The van der Waals surface area contributed by atoms with E-state index in [4.69, 9.17) is 10.8 Å². The Bertz CT molecular complexity index is 1380. The van der Waals surface area contributed by atoms with E-state index in [1.54, 1.807) is 0 Å². The molecule has 0 saturated heterocycles. The lowest BCUT2D eigenvalue weighted by Crippen LogP contribution is -2.09. The molecule has 0 aliphatic rings. The van der Waals surface area contributed by atoms with Crippen molar-refractivity contribution in [1.29, 1.82) is 0 Å². The van der Waals surface area contributed by atoms with Gasteiger partial charge in [0.05, 0.1) is 5.69 Å². The first-order valence-corrected chi connectivity index (χ1v) is 16.0. The molecule has 3 aromatic rings. The van der Waals surface area contributed by atoms with Crippen molar-refractivity contribution in [3.8, 4) is 0 Å². The Morgan fingerprint density at radius 2 is 1.61 bits per heavy atom. The predicted molar refractivity (Wildman–Crippen MR) is 184 cm³/mol. The van der Waals surface area contributed by atoms with Crippen molar-refractivity contribution >= 4 is 28.5 Å². The van der Waals surface area contributed by atoms with Gasteiger partial charge < -0.3 is 21.5 Å². The standard InChI is InChI=1S/C37H51N5O2/c1-26(13-9-7-6-8-10-14-33(44)15-11-12-22-43)23-34(36-29(4)39-25-40-37(36)38)31-18-20-32(21-19-31)41-30(5)42-35-24-27(2)16-17-28(35)3/h16-21,23-26,41-43H,5-15,22H2,1-4H3,(H2,38,39,40)/b34-23-. The number of nitrogens with two attached hydrogens (primary N) is 1. The molecule has 0 bridgehead atoms. The monoisotopic (exact) mass is 597 g/mol. The first-order valence-electron chi connectivity index (χ1n) is 16.0. The number of aliphatic hydroxyl groups excluding tert-OH is 1. The number of ketones is 1. The summed E-state index contributed by atoms with van der Waals surface area (Å²) in [6.07, 6.45) is 13.1. The Labute approximate surface area is 264 Å². The zero-order valence-electron chi connectivity index (χ0n) is 27.1. The number of aryl methyl sites for hydroxylation is 3. The molecule has 1 unspecified atom stereocenters. The fourth-order valence-corrected chi connectivity index (χ4v) is 5.37. The highest BCUT2D eigenvalue weighted by atomic mass is 16.3. The number of carbonyl (C=O) groups is 1. The molecule has 0 saturated carbocycles. The fraction of sp³-hybridized carbons (Fsp3) is 0.432. The Hall–Kier alpha value is -3.97. The van der Waals surface area contributed by atoms with Crippen LogP contribution in [-0.4, -0.2) is 27.5 Å². The van der Waals surface area contributed by atoms with Crippen molar-refractivity contribution in [2.75, 3.05) is 23.0 Å². The number of rotatable bonds is 19. The lowest BCUT2D eigenvalue weighted by atomic mass is 9.91. The molecule has 1 heterocycles. The van der Waals surface area contributed by atoms with Crippen LogP contribution in [0.3, 0.4) is 0 Å². The number of nitrogens with one attached hydrogen (secondary N) is 2. The Kier molecular flexibility index (Phi) is 14.1. The summed E-state index contributed by atoms with van der Waals surface area (Å²) in [5.74, 6) is 1.86. The summed E-state index contributed by atoms with van der Waals surface area (Å²) >= 11 is 0. The maximum Gasteiger partial charge on any atom is 0.134 e. The molecule has 5 N–H and O–H groups in total. The van der Waals surface area contributed by atoms with E-state index in [0.29, 0.717) is 42.6 Å². The zero-order valence-corrected chi connectivity index (χ0v) is 27.1. The molecule has 1 aromatic heterocycles. The Morgan fingerprint density at radius 3 is 2.32 bits per heavy atom. The van der Waals surface area contributed by atoms with Gasteiger partial charge in [0, 0.05) is 36.4 Å². The number of nitrogen functional groups attached to an aromatic ring is 1. The molecule has 3 rings (SSSR count). The molecule has 7 nitrogen and oxygen atoms in total. The number of aromatic nitrogens is 2. The van der Waals surface area contributed by atoms with Gasteiger partial charge in [0.25, 0.3) is 0 Å². The highest BCUT2D eigenvalue weighted by Crippen LogP contribution is 2.32. The number of allylic oxidation sites excluding steroid dienone is 1. The molecule has 0 spiro atoms. The third-order valence-electron chi connectivity index (χ3n) is 7.94. The number of anilines is 3. The van der Waals surface area contributed by atoms with Gasteiger partial charge in [-0.1, -0.05) is 69.5 Å². The van der Waals surface area contributed by atoms with Crippen LogP contribution in [0.4, 0.5) is 17.2 Å². The quantitative estimate of drug-likeness (QED) is 0.102. The van der Waals surface area contributed by atoms with Crippen LogP contribution in [0.1, 0.15) is 99.1 Å². The van der Waals surface area contributed by atoms with Crippen molar-refractivity contribution < 1.29 is 9.90 Å². The Balaban J connectivity index is 1.60. The molecule has 7 heteroatoms. The first kappa shape index (κ1) is 34.5. The number of carbonyl (C=O) groups excluding carboxylic acids is 1. The van der Waals surface area contributed by atoms with Crippen LogP contribution in [0, 0.1) is 26.7 Å². The summed E-state index contributed by atoms with van der Waals surface area (Å²) < 4.78 is 0. The van der Waals surface area contributed by atoms with Gasteiger partial charge in [-0.2, -0.15) is 0 Å². The molecule has 2 aromatic carbocycles. The van der Waals surface area contributed by atoms with Crippen molar-refractivity contribution in [3.05, 3.63) is 95.2 Å². The summed E-state index contributed by atoms with van der Waals surface area (Å²) in [4.78, 5) is 20.7. The van der Waals surface area contributed by atoms with Gasteiger partial charge in [0.15, 0.2) is 0 Å². The zero-order chi connectivity index (χ0) is 31.9. The van der Waals surface area contributed by atoms with Gasteiger partial charge in [0.1, 0.15) is 23.7 Å². The maximum atomic E-state index is 11.9. The molecular formula is C37H51N5O2. The van der Waals surface area contributed by atoms with Gasteiger partial charge in [-0.15, -0.1) is 0 Å². The molecule has 0 amide bonds. The second-order valence-corrected chi connectivity index (χ2v) is 11.9. The number of benzene rings is 2. The largest absolute Gasteiger partial charge is 0.396 e. The molecule has 0 fully saturated rings. The van der Waals surface area contributed by atoms with Gasteiger partial charge in [-0.05, 0) is 92.8 Å². The SMILES string of the molecule is C=C(Nc1ccc(/C(=C/C(C)CCCCCCCC(=O)CCCCO)c2c(C)ncnc2N)cc1)Nc1cc(C)ccc1C. The van der Waals surface area contributed by atoms with Crippen LogP contribution >= 0.6 is 0 Å². The van der Waals surface area contributed by atoms with E-state index < -0.39 is 0 Å². The van der Waals surface area contributed by atoms with E-state index in [2.05, 4.69) is 96.5 Å². The van der Waals surface area contributed by atoms with Crippen LogP contribution in [0.25, 0.3) is 5.57 Å². The van der Waals surface area contributed by atoms with Crippen molar-refractivity contribution in [1.82, 2.24) is 9.97 Å². The first-order chi connectivity index (χ1) is 21.2. The average Bonchev–Trinajstić information content (AvgIpc) is 2.98. The van der Waals surface area contributed by atoms with Gasteiger partial charge in [0.2, 0.25) is 0 Å². The minimum absolute atomic E-state index is 0.168. The second-order valence-electron chi connectivity index (χ2n) is 11.9. The van der Waals surface area contributed by atoms with E-state index in [9.17, 15) is 4.79 Å².